The van der Waals surface area contributed by atoms with Gasteiger partial charge in [-0.05, 0) is 98.7 Å². The van der Waals surface area contributed by atoms with Crippen LogP contribution in [0.25, 0.3) is 0 Å². The molecule has 0 aromatic heterocycles. The molecule has 4 aliphatic carbocycles. The number of carboxylic acid groups (broad SMARTS) is 1. The number of piperidine rings is 1. The van der Waals surface area contributed by atoms with Crippen LogP contribution in [0.4, 0.5) is 0 Å². The molecule has 5 heteroatoms. The number of aliphatic hydroxyl groups is 1. The van der Waals surface area contributed by atoms with Crippen LogP contribution in [0.5, 0.6) is 0 Å². The Kier molecular flexibility index (Phi) is 5.23. The number of aliphatic hydroxyl groups excluding tert-OH is 1. The van der Waals surface area contributed by atoms with Crippen molar-refractivity contribution in [2.45, 2.75) is 97.0 Å². The molecule has 1 heterocycles. The van der Waals surface area contributed by atoms with E-state index in [0.717, 1.165) is 25.2 Å². The SMILES string of the molecule is C[C@]12CCCCC1CC[C@@H]1[C@H]2CC[C@@]2(C)[C@H]1CCC2(C(=O)O)C(=O)N1CCC(O)CC1. The van der Waals surface area contributed by atoms with Crippen LogP contribution in [-0.2, 0) is 9.59 Å². The van der Waals surface area contributed by atoms with Gasteiger partial charge in [0.1, 0.15) is 0 Å². The lowest BCUT2D eigenvalue weighted by atomic mass is 9.43. The van der Waals surface area contributed by atoms with Crippen molar-refractivity contribution in [3.8, 4) is 0 Å². The number of fused-ring (bicyclic) bond motifs is 5. The number of aliphatic carboxylic acids is 1. The van der Waals surface area contributed by atoms with E-state index >= 15 is 0 Å². The second-order valence-electron chi connectivity index (χ2n) is 12.1. The van der Waals surface area contributed by atoms with Gasteiger partial charge in [-0.3, -0.25) is 9.59 Å². The van der Waals surface area contributed by atoms with Crippen molar-refractivity contribution in [3.63, 3.8) is 0 Å². The summed E-state index contributed by atoms with van der Waals surface area (Å²) in [5, 5.41) is 20.4. The summed E-state index contributed by atoms with van der Waals surface area (Å²) in [5.41, 5.74) is -1.32. The van der Waals surface area contributed by atoms with Crippen LogP contribution >= 0.6 is 0 Å². The molecule has 5 fully saturated rings. The summed E-state index contributed by atoms with van der Waals surface area (Å²) in [6, 6.07) is 0. The smallest absolute Gasteiger partial charge is 0.319 e. The zero-order valence-corrected chi connectivity index (χ0v) is 19.4. The van der Waals surface area contributed by atoms with Gasteiger partial charge in [-0.15, -0.1) is 0 Å². The van der Waals surface area contributed by atoms with Crippen molar-refractivity contribution in [1.29, 1.82) is 0 Å². The number of hydrogen-bond acceptors (Lipinski definition) is 3. The average Bonchev–Trinajstić information content (AvgIpc) is 3.07. The van der Waals surface area contributed by atoms with Gasteiger partial charge < -0.3 is 15.1 Å². The Labute approximate surface area is 187 Å². The van der Waals surface area contributed by atoms with Crippen LogP contribution in [0.2, 0.25) is 0 Å². The highest BCUT2D eigenvalue weighted by molar-refractivity contribution is 6.03. The molecule has 2 unspecified atom stereocenters. The van der Waals surface area contributed by atoms with Crippen molar-refractivity contribution in [2.24, 2.45) is 39.9 Å². The van der Waals surface area contributed by atoms with Gasteiger partial charge in [-0.25, -0.2) is 0 Å². The predicted molar refractivity (Wildman–Crippen MR) is 118 cm³/mol. The summed E-state index contributed by atoms with van der Waals surface area (Å²) in [6.07, 6.45) is 12.0. The lowest BCUT2D eigenvalue weighted by Crippen LogP contribution is -2.61. The van der Waals surface area contributed by atoms with Crippen molar-refractivity contribution < 1.29 is 19.8 Å². The third-order valence-corrected chi connectivity index (χ3v) is 11.3. The van der Waals surface area contributed by atoms with Crippen molar-refractivity contribution in [3.05, 3.63) is 0 Å². The minimum Gasteiger partial charge on any atom is -0.480 e. The first-order chi connectivity index (χ1) is 14.7. The van der Waals surface area contributed by atoms with E-state index in [1.807, 2.05) is 0 Å². The molecule has 7 atom stereocenters. The second kappa shape index (κ2) is 7.46. The Hall–Kier alpha value is -1.10. The van der Waals surface area contributed by atoms with Crippen molar-refractivity contribution in [1.82, 2.24) is 4.90 Å². The molecule has 0 spiro atoms. The van der Waals surface area contributed by atoms with E-state index in [9.17, 15) is 19.8 Å². The summed E-state index contributed by atoms with van der Waals surface area (Å²) in [7, 11) is 0. The van der Waals surface area contributed by atoms with E-state index in [2.05, 4.69) is 13.8 Å². The molecular formula is C26H41NO4. The van der Waals surface area contributed by atoms with Gasteiger partial charge in [0.2, 0.25) is 5.91 Å². The largest absolute Gasteiger partial charge is 0.480 e. The molecule has 0 aromatic carbocycles. The van der Waals surface area contributed by atoms with Crippen LogP contribution < -0.4 is 0 Å². The Morgan fingerprint density at radius 3 is 2.26 bits per heavy atom. The maximum atomic E-state index is 13.8. The lowest BCUT2D eigenvalue weighted by Gasteiger charge is -2.61. The number of carbonyl (C=O) groups is 2. The fourth-order valence-corrected chi connectivity index (χ4v) is 9.47. The molecule has 0 bridgehead atoms. The van der Waals surface area contributed by atoms with Gasteiger partial charge in [0, 0.05) is 13.1 Å². The monoisotopic (exact) mass is 431 g/mol. The van der Waals surface area contributed by atoms with Crippen LogP contribution in [0.15, 0.2) is 0 Å². The Balaban J connectivity index is 1.46. The number of nitrogens with zero attached hydrogens (tertiary/aromatic N) is 1. The van der Waals surface area contributed by atoms with Gasteiger partial charge in [0.25, 0.3) is 0 Å². The maximum absolute atomic E-state index is 13.8. The Morgan fingerprint density at radius 1 is 0.839 bits per heavy atom. The van der Waals surface area contributed by atoms with Gasteiger partial charge in [-0.2, -0.15) is 0 Å². The normalized spacial score (nSPS) is 47.9. The van der Waals surface area contributed by atoms with Crippen LogP contribution in [0, 0.1) is 39.9 Å². The fourth-order valence-electron chi connectivity index (χ4n) is 9.47. The third kappa shape index (κ3) is 2.90. The summed E-state index contributed by atoms with van der Waals surface area (Å²) in [5.74, 6) is 1.42. The highest BCUT2D eigenvalue weighted by Gasteiger charge is 2.70. The molecule has 174 valence electrons. The molecule has 5 nitrogen and oxygen atoms in total. The Morgan fingerprint density at radius 2 is 1.55 bits per heavy atom. The molecule has 0 radical (unpaired) electrons. The van der Waals surface area contributed by atoms with Crippen LogP contribution in [0.1, 0.15) is 90.9 Å². The van der Waals surface area contributed by atoms with Gasteiger partial charge in [-0.1, -0.05) is 26.7 Å². The quantitative estimate of drug-likeness (QED) is 0.632. The van der Waals surface area contributed by atoms with Gasteiger partial charge >= 0.3 is 5.97 Å². The lowest BCUT2D eigenvalue weighted by molar-refractivity contribution is -0.180. The van der Waals surface area contributed by atoms with E-state index in [1.54, 1.807) is 4.90 Å². The molecule has 1 saturated heterocycles. The van der Waals surface area contributed by atoms with Gasteiger partial charge in [0.15, 0.2) is 5.41 Å². The van der Waals surface area contributed by atoms with Gasteiger partial charge in [0.05, 0.1) is 6.10 Å². The highest BCUT2D eigenvalue weighted by atomic mass is 16.4. The molecule has 4 saturated carbocycles. The molecule has 1 aliphatic heterocycles. The second-order valence-corrected chi connectivity index (χ2v) is 12.1. The van der Waals surface area contributed by atoms with Crippen LogP contribution in [0.3, 0.4) is 0 Å². The van der Waals surface area contributed by atoms with E-state index in [0.29, 0.717) is 55.5 Å². The fraction of sp³-hybridized carbons (Fsp3) is 0.923. The molecule has 5 aliphatic rings. The van der Waals surface area contributed by atoms with Crippen molar-refractivity contribution in [2.75, 3.05) is 13.1 Å². The molecule has 0 aromatic rings. The molecule has 31 heavy (non-hydrogen) atoms. The van der Waals surface area contributed by atoms with E-state index < -0.39 is 16.8 Å². The first-order valence-electron chi connectivity index (χ1n) is 12.9. The topological polar surface area (TPSA) is 77.8 Å². The molecular weight excluding hydrogens is 390 g/mol. The van der Waals surface area contributed by atoms with E-state index in [-0.39, 0.29) is 12.0 Å². The number of amides is 1. The maximum Gasteiger partial charge on any atom is 0.319 e. The number of carboxylic acids is 1. The van der Waals surface area contributed by atoms with E-state index in [4.69, 9.17) is 0 Å². The third-order valence-electron chi connectivity index (χ3n) is 11.3. The number of likely N-dealkylation sites (tertiary alicyclic amines) is 1. The molecule has 1 amide bonds. The molecule has 5 rings (SSSR count). The number of hydrogen-bond donors (Lipinski definition) is 2. The van der Waals surface area contributed by atoms with Crippen molar-refractivity contribution >= 4 is 11.9 Å². The molecule has 2 N–H and O–H groups in total. The van der Waals surface area contributed by atoms with Crippen LogP contribution in [-0.4, -0.2) is 46.2 Å². The summed E-state index contributed by atoms with van der Waals surface area (Å²) in [6.45, 7) is 5.67. The summed E-state index contributed by atoms with van der Waals surface area (Å²) >= 11 is 0. The first-order valence-corrected chi connectivity index (χ1v) is 12.9. The number of carbonyl (C=O) groups excluding carboxylic acids is 1. The summed E-state index contributed by atoms with van der Waals surface area (Å²) < 4.78 is 0. The van der Waals surface area contributed by atoms with E-state index in [1.165, 1.54) is 38.5 Å². The predicted octanol–water partition coefficient (Wildman–Crippen LogP) is 4.47. The minimum atomic E-state index is -1.28. The number of rotatable bonds is 2. The standard InChI is InChI=1S/C26H41NO4/c1-24-12-4-3-5-17(24)6-7-19-20(24)8-13-25(2)21(19)9-14-26(25,23(30)31)22(29)27-15-10-18(28)11-16-27/h17-21,28H,3-16H2,1-2H3,(H,30,31)/t17?,19-,20-,21+,24+,25+,26?/m1/s1. The minimum absolute atomic E-state index is 0.159. The summed E-state index contributed by atoms with van der Waals surface area (Å²) in [4.78, 5) is 28.5. The highest BCUT2D eigenvalue weighted by Crippen LogP contribution is 2.70. The average molecular weight is 432 g/mol. The zero-order chi connectivity index (χ0) is 22.0. The zero-order valence-electron chi connectivity index (χ0n) is 19.4. The Bertz CT molecular complexity index is 746. The first kappa shape index (κ1) is 21.7.